The van der Waals surface area contributed by atoms with Crippen molar-refractivity contribution in [3.8, 4) is 5.75 Å². The second-order valence-corrected chi connectivity index (χ2v) is 8.96. The van der Waals surface area contributed by atoms with Gasteiger partial charge in [0.15, 0.2) is 5.69 Å². The molecule has 0 bridgehead atoms. The van der Waals surface area contributed by atoms with Crippen LogP contribution in [-0.4, -0.2) is 64.0 Å². The number of benzene rings is 1. The van der Waals surface area contributed by atoms with Gasteiger partial charge in [-0.3, -0.25) is 14.5 Å². The van der Waals surface area contributed by atoms with Gasteiger partial charge in [-0.1, -0.05) is 17.3 Å². The van der Waals surface area contributed by atoms with Crippen molar-refractivity contribution in [2.45, 2.75) is 58.7 Å². The fraction of sp³-hybridized carbons (Fsp3) is 0.478. The van der Waals surface area contributed by atoms with E-state index in [0.717, 1.165) is 0 Å². The van der Waals surface area contributed by atoms with Crippen LogP contribution in [0.5, 0.6) is 5.75 Å². The van der Waals surface area contributed by atoms with Gasteiger partial charge in [-0.2, -0.15) is 5.10 Å². The monoisotopic (exact) mass is 540 g/mol. The Bertz CT molecular complexity index is 1130. The Labute approximate surface area is 217 Å². The molecule has 208 valence electrons. The number of amides is 2. The molecule has 0 atom stereocenters. The summed E-state index contributed by atoms with van der Waals surface area (Å²) in [5, 5.41) is 16.4. The predicted molar refractivity (Wildman–Crippen MR) is 133 cm³/mol. The molecule has 0 aliphatic rings. The van der Waals surface area contributed by atoms with Crippen LogP contribution in [0.2, 0.25) is 0 Å². The SMILES string of the molecule is CC(C)(C)OC(=O)NCC(C=NCCCCn1cc(C(=O)NCc2cccc(OC(F)(F)F)c2)nn1)=NN. The molecule has 4 N–H and O–H groups in total. The van der Waals surface area contributed by atoms with E-state index in [1.54, 1.807) is 26.8 Å². The van der Waals surface area contributed by atoms with Crippen molar-refractivity contribution < 1.29 is 32.2 Å². The van der Waals surface area contributed by atoms with E-state index in [2.05, 4.69) is 35.8 Å². The van der Waals surface area contributed by atoms with E-state index in [1.165, 1.54) is 35.3 Å². The molecule has 2 amide bonds. The number of halogens is 3. The van der Waals surface area contributed by atoms with Crippen LogP contribution < -0.4 is 21.2 Å². The first-order chi connectivity index (χ1) is 17.8. The lowest BCUT2D eigenvalue weighted by Crippen LogP contribution is -2.36. The second kappa shape index (κ2) is 13.9. The highest BCUT2D eigenvalue weighted by Gasteiger charge is 2.31. The van der Waals surface area contributed by atoms with E-state index in [4.69, 9.17) is 10.6 Å². The standard InChI is InChI=1S/C23H31F3N8O4/c1-22(2,3)38-21(36)30-14-17(31-27)13-28-9-4-5-10-34-15-19(32-33-34)20(35)29-12-16-7-6-8-18(11-16)37-23(24,25)26/h6-8,11,13,15H,4-5,9-10,12,14,27H2,1-3H3,(H,29,35)(H,30,36). The molecule has 0 aliphatic carbocycles. The molecule has 1 heterocycles. The van der Waals surface area contributed by atoms with E-state index in [0.29, 0.717) is 37.2 Å². The Morgan fingerprint density at radius 3 is 2.63 bits per heavy atom. The van der Waals surface area contributed by atoms with Crippen molar-refractivity contribution in [3.63, 3.8) is 0 Å². The van der Waals surface area contributed by atoms with Crippen molar-refractivity contribution >= 4 is 23.9 Å². The van der Waals surface area contributed by atoms with E-state index in [9.17, 15) is 22.8 Å². The molecule has 0 unspecified atom stereocenters. The number of hydrogen-bond donors (Lipinski definition) is 3. The number of rotatable bonds is 12. The maximum atomic E-state index is 12.4. The lowest BCUT2D eigenvalue weighted by Gasteiger charge is -2.19. The smallest absolute Gasteiger partial charge is 0.444 e. The van der Waals surface area contributed by atoms with Crippen molar-refractivity contribution in [2.24, 2.45) is 15.9 Å². The van der Waals surface area contributed by atoms with E-state index in [1.807, 2.05) is 0 Å². The topological polar surface area (TPSA) is 158 Å². The van der Waals surface area contributed by atoms with Gasteiger partial charge in [-0.15, -0.1) is 18.3 Å². The number of unbranched alkanes of at least 4 members (excludes halogenated alkanes) is 1. The number of hydrazone groups is 1. The number of nitrogens with one attached hydrogen (secondary N) is 2. The molecule has 0 spiro atoms. The molecular weight excluding hydrogens is 509 g/mol. The molecule has 38 heavy (non-hydrogen) atoms. The third-order valence-electron chi connectivity index (χ3n) is 4.50. The second-order valence-electron chi connectivity index (χ2n) is 8.96. The summed E-state index contributed by atoms with van der Waals surface area (Å²) in [6.45, 7) is 6.29. The molecule has 2 rings (SSSR count). The molecule has 0 radical (unpaired) electrons. The van der Waals surface area contributed by atoms with Crippen LogP contribution in [0.15, 0.2) is 40.6 Å². The Hall–Kier alpha value is -4.17. The minimum atomic E-state index is -4.80. The molecule has 1 aromatic carbocycles. The molecule has 15 heteroatoms. The van der Waals surface area contributed by atoms with Gasteiger partial charge in [0.2, 0.25) is 0 Å². The van der Waals surface area contributed by atoms with E-state index >= 15 is 0 Å². The number of aliphatic imine (C=N–C) groups is 1. The minimum Gasteiger partial charge on any atom is -0.444 e. The zero-order chi connectivity index (χ0) is 28.2. The van der Waals surface area contributed by atoms with Crippen molar-refractivity contribution in [1.82, 2.24) is 25.6 Å². The summed E-state index contributed by atoms with van der Waals surface area (Å²) in [5.74, 6) is 4.43. The molecular formula is C23H31F3N8O4. The van der Waals surface area contributed by atoms with Gasteiger partial charge in [0.05, 0.1) is 18.5 Å². The Morgan fingerprint density at radius 1 is 1.18 bits per heavy atom. The van der Waals surface area contributed by atoms with Crippen LogP contribution in [-0.2, 0) is 17.8 Å². The highest BCUT2D eigenvalue weighted by atomic mass is 19.4. The summed E-state index contributed by atoms with van der Waals surface area (Å²) in [4.78, 5) is 28.2. The number of alkyl halides is 3. The molecule has 0 saturated carbocycles. The summed E-state index contributed by atoms with van der Waals surface area (Å²) in [6.07, 6.45) is -1.04. The van der Waals surface area contributed by atoms with Crippen LogP contribution in [0.25, 0.3) is 0 Å². The highest BCUT2D eigenvalue weighted by Crippen LogP contribution is 2.23. The van der Waals surface area contributed by atoms with E-state index < -0.39 is 24.0 Å². The number of alkyl carbamates (subject to hydrolysis) is 1. The molecule has 0 aliphatic heterocycles. The number of carbonyl (C=O) groups excluding carboxylic acids is 2. The largest absolute Gasteiger partial charge is 0.573 e. The Kier molecular flexibility index (Phi) is 11.0. The zero-order valence-corrected chi connectivity index (χ0v) is 21.3. The number of carbonyl (C=O) groups is 2. The number of nitrogens with two attached hydrogens (primary N) is 1. The Morgan fingerprint density at radius 2 is 1.95 bits per heavy atom. The first kappa shape index (κ1) is 30.1. The van der Waals surface area contributed by atoms with Gasteiger partial charge in [0.1, 0.15) is 11.4 Å². The van der Waals surface area contributed by atoms with Gasteiger partial charge >= 0.3 is 12.5 Å². The minimum absolute atomic E-state index is 0.0137. The molecule has 1 aromatic heterocycles. The van der Waals surface area contributed by atoms with E-state index in [-0.39, 0.29) is 24.5 Å². The maximum Gasteiger partial charge on any atom is 0.573 e. The van der Waals surface area contributed by atoms with Gasteiger partial charge in [0.25, 0.3) is 5.91 Å². The maximum absolute atomic E-state index is 12.4. The van der Waals surface area contributed by atoms with Gasteiger partial charge in [0, 0.05) is 25.8 Å². The zero-order valence-electron chi connectivity index (χ0n) is 21.3. The van der Waals surface area contributed by atoms with Crippen molar-refractivity contribution in [2.75, 3.05) is 13.1 Å². The fourth-order valence-corrected chi connectivity index (χ4v) is 2.89. The average Bonchev–Trinajstić information content (AvgIpc) is 3.28. The summed E-state index contributed by atoms with van der Waals surface area (Å²) >= 11 is 0. The lowest BCUT2D eigenvalue weighted by atomic mass is 10.2. The van der Waals surface area contributed by atoms with Gasteiger partial charge < -0.3 is 25.9 Å². The average molecular weight is 541 g/mol. The number of hydrogen-bond acceptors (Lipinski definition) is 9. The lowest BCUT2D eigenvalue weighted by molar-refractivity contribution is -0.274. The predicted octanol–water partition coefficient (Wildman–Crippen LogP) is 2.80. The summed E-state index contributed by atoms with van der Waals surface area (Å²) in [7, 11) is 0. The number of nitrogens with zero attached hydrogens (tertiary/aromatic N) is 5. The van der Waals surface area contributed by atoms with Crippen molar-refractivity contribution in [3.05, 3.63) is 41.7 Å². The van der Waals surface area contributed by atoms with Gasteiger partial charge in [-0.05, 0) is 51.3 Å². The van der Waals surface area contributed by atoms with Crippen molar-refractivity contribution in [1.29, 1.82) is 0 Å². The first-order valence-electron chi connectivity index (χ1n) is 11.6. The van der Waals surface area contributed by atoms with Crippen LogP contribution >= 0.6 is 0 Å². The number of aromatic nitrogens is 3. The molecule has 2 aromatic rings. The van der Waals surface area contributed by atoms with Crippen LogP contribution in [0.1, 0.15) is 49.7 Å². The fourth-order valence-electron chi connectivity index (χ4n) is 2.89. The first-order valence-corrected chi connectivity index (χ1v) is 11.6. The number of aryl methyl sites for hydroxylation is 1. The number of ether oxygens (including phenoxy) is 2. The molecule has 0 fully saturated rings. The highest BCUT2D eigenvalue weighted by molar-refractivity contribution is 6.31. The molecule has 12 nitrogen and oxygen atoms in total. The third-order valence-corrected chi connectivity index (χ3v) is 4.50. The Balaban J connectivity index is 1.70. The van der Waals surface area contributed by atoms with Crippen LogP contribution in [0.4, 0.5) is 18.0 Å². The quantitative estimate of drug-likeness (QED) is 0.162. The summed E-state index contributed by atoms with van der Waals surface area (Å²) in [5.41, 5.74) is 0.267. The van der Waals surface area contributed by atoms with Crippen LogP contribution in [0, 0.1) is 0 Å². The summed E-state index contributed by atoms with van der Waals surface area (Å²) in [6, 6.07) is 5.31. The molecule has 0 saturated heterocycles. The van der Waals surface area contributed by atoms with Crippen LogP contribution in [0.3, 0.4) is 0 Å². The third kappa shape index (κ3) is 12.2. The summed E-state index contributed by atoms with van der Waals surface area (Å²) < 4.78 is 47.6. The normalized spacial score (nSPS) is 12.4. The van der Waals surface area contributed by atoms with Gasteiger partial charge in [-0.25, -0.2) is 4.79 Å².